The van der Waals surface area contributed by atoms with E-state index in [9.17, 15) is 14.7 Å². The lowest BCUT2D eigenvalue weighted by molar-refractivity contribution is -0.148. The Morgan fingerprint density at radius 2 is 1.95 bits per heavy atom. The van der Waals surface area contributed by atoms with Crippen LogP contribution in [-0.2, 0) is 16.0 Å². The summed E-state index contributed by atoms with van der Waals surface area (Å²) in [6.45, 7) is 4.50. The second kappa shape index (κ2) is 5.85. The van der Waals surface area contributed by atoms with E-state index in [1.807, 2.05) is 32.0 Å². The van der Waals surface area contributed by atoms with Crippen molar-refractivity contribution in [2.75, 3.05) is 13.1 Å². The fraction of sp³-hybridized carbons (Fsp3) is 0.500. The van der Waals surface area contributed by atoms with Gasteiger partial charge in [0.05, 0.1) is 13.0 Å². The number of carbonyl (C=O) groups excluding carboxylic acids is 2. The van der Waals surface area contributed by atoms with E-state index in [1.54, 1.807) is 4.90 Å². The molecule has 5 nitrogen and oxygen atoms in total. The molecule has 114 valence electrons. The van der Waals surface area contributed by atoms with Crippen molar-refractivity contribution < 1.29 is 14.7 Å². The highest BCUT2D eigenvalue weighted by atomic mass is 16.3. The van der Waals surface area contributed by atoms with E-state index in [1.165, 1.54) is 0 Å². The minimum atomic E-state index is -1.59. The number of rotatable bonds is 3. The van der Waals surface area contributed by atoms with Gasteiger partial charge in [0.25, 0.3) is 5.91 Å². The van der Waals surface area contributed by atoms with Crippen molar-refractivity contribution >= 4 is 11.8 Å². The summed E-state index contributed by atoms with van der Waals surface area (Å²) in [4.78, 5) is 25.3. The van der Waals surface area contributed by atoms with Gasteiger partial charge in [0.15, 0.2) is 5.60 Å². The molecule has 0 aliphatic carbocycles. The molecule has 21 heavy (non-hydrogen) atoms. The molecule has 0 radical (unpaired) electrons. The number of piperidine rings is 1. The van der Waals surface area contributed by atoms with E-state index < -0.39 is 11.5 Å². The van der Waals surface area contributed by atoms with E-state index in [0.717, 1.165) is 16.7 Å². The van der Waals surface area contributed by atoms with Crippen molar-refractivity contribution in [2.24, 2.45) is 5.73 Å². The Morgan fingerprint density at radius 1 is 1.33 bits per heavy atom. The van der Waals surface area contributed by atoms with E-state index in [-0.39, 0.29) is 18.9 Å². The van der Waals surface area contributed by atoms with Crippen molar-refractivity contribution in [1.29, 1.82) is 0 Å². The van der Waals surface area contributed by atoms with Crippen LogP contribution in [0.5, 0.6) is 0 Å². The second-order valence-corrected chi connectivity index (χ2v) is 5.86. The normalized spacial score (nSPS) is 22.1. The minimum Gasteiger partial charge on any atom is -0.378 e. The van der Waals surface area contributed by atoms with Crippen molar-refractivity contribution in [3.8, 4) is 0 Å². The lowest BCUT2D eigenvalue weighted by Crippen LogP contribution is -2.57. The van der Waals surface area contributed by atoms with Crippen LogP contribution in [0.2, 0.25) is 0 Å². The predicted octanol–water partition coefficient (Wildman–Crippen LogP) is 0.685. The second-order valence-electron chi connectivity index (χ2n) is 5.86. The average Bonchev–Trinajstić information content (AvgIpc) is 2.43. The first kappa shape index (κ1) is 15.5. The first-order chi connectivity index (χ1) is 9.83. The molecule has 3 N–H and O–H groups in total. The molecule has 0 unspecified atom stereocenters. The van der Waals surface area contributed by atoms with Gasteiger partial charge in [-0.25, -0.2) is 0 Å². The molecule has 0 spiro atoms. The molecule has 0 aromatic heterocycles. The van der Waals surface area contributed by atoms with Gasteiger partial charge in [-0.1, -0.05) is 18.2 Å². The summed E-state index contributed by atoms with van der Waals surface area (Å²) in [5, 5.41) is 10.2. The van der Waals surface area contributed by atoms with E-state index in [4.69, 9.17) is 5.73 Å². The molecule has 1 atom stereocenters. The maximum Gasteiger partial charge on any atom is 0.251 e. The number of likely N-dealkylation sites (tertiary alicyclic amines) is 1. The molecule has 1 fully saturated rings. The summed E-state index contributed by atoms with van der Waals surface area (Å²) in [5.41, 5.74) is 6.81. The smallest absolute Gasteiger partial charge is 0.251 e. The quantitative estimate of drug-likeness (QED) is 0.859. The van der Waals surface area contributed by atoms with Crippen LogP contribution < -0.4 is 5.73 Å². The standard InChI is InChI=1S/C16H22N2O3/c1-11-5-3-6-12(2)13(11)9-14(19)18-8-4-7-16(21,10-18)15(17)20/h3,5-6,21H,4,7-10H2,1-2H3,(H2,17,20)/t16-/m0/s1. The topological polar surface area (TPSA) is 83.6 Å². The zero-order valence-electron chi connectivity index (χ0n) is 12.6. The van der Waals surface area contributed by atoms with E-state index in [0.29, 0.717) is 19.4 Å². The van der Waals surface area contributed by atoms with Gasteiger partial charge in [0, 0.05) is 6.54 Å². The van der Waals surface area contributed by atoms with Gasteiger partial charge in [-0.3, -0.25) is 9.59 Å². The largest absolute Gasteiger partial charge is 0.378 e. The Morgan fingerprint density at radius 3 is 2.52 bits per heavy atom. The molecule has 1 aliphatic rings. The molecule has 1 aromatic carbocycles. The lowest BCUT2D eigenvalue weighted by atomic mass is 9.91. The van der Waals surface area contributed by atoms with Crippen LogP contribution in [0, 0.1) is 13.8 Å². The molecule has 1 saturated heterocycles. The van der Waals surface area contributed by atoms with Crippen LogP contribution >= 0.6 is 0 Å². The number of benzene rings is 1. The number of carbonyl (C=O) groups is 2. The van der Waals surface area contributed by atoms with Crippen molar-refractivity contribution in [3.63, 3.8) is 0 Å². The van der Waals surface area contributed by atoms with Gasteiger partial charge >= 0.3 is 0 Å². The summed E-state index contributed by atoms with van der Waals surface area (Å²) in [5.74, 6) is -0.834. The first-order valence-corrected chi connectivity index (χ1v) is 7.18. The first-order valence-electron chi connectivity index (χ1n) is 7.18. The van der Waals surface area contributed by atoms with Crippen LogP contribution in [0.15, 0.2) is 18.2 Å². The Bertz CT molecular complexity index is 550. The van der Waals surface area contributed by atoms with Gasteiger partial charge in [-0.05, 0) is 43.4 Å². The Kier molecular flexibility index (Phi) is 4.32. The Hall–Kier alpha value is -1.88. The molecular weight excluding hydrogens is 268 g/mol. The molecule has 2 rings (SSSR count). The highest BCUT2D eigenvalue weighted by Gasteiger charge is 2.40. The molecular formula is C16H22N2O3. The zero-order valence-corrected chi connectivity index (χ0v) is 12.6. The predicted molar refractivity (Wildman–Crippen MR) is 79.6 cm³/mol. The molecule has 1 aliphatic heterocycles. The van der Waals surface area contributed by atoms with Crippen LogP contribution in [-0.4, -0.2) is 40.5 Å². The molecule has 2 amide bonds. The van der Waals surface area contributed by atoms with Crippen molar-refractivity contribution in [1.82, 2.24) is 4.90 Å². The molecule has 5 heteroatoms. The van der Waals surface area contributed by atoms with Crippen molar-refractivity contribution in [3.05, 3.63) is 34.9 Å². The van der Waals surface area contributed by atoms with Crippen LogP contribution in [0.4, 0.5) is 0 Å². The number of hydrogen-bond acceptors (Lipinski definition) is 3. The van der Waals surface area contributed by atoms with Crippen LogP contribution in [0.3, 0.4) is 0 Å². The van der Waals surface area contributed by atoms with E-state index >= 15 is 0 Å². The number of nitrogens with zero attached hydrogens (tertiary/aromatic N) is 1. The highest BCUT2D eigenvalue weighted by molar-refractivity contribution is 5.85. The van der Waals surface area contributed by atoms with Crippen LogP contribution in [0.25, 0.3) is 0 Å². The molecule has 0 saturated carbocycles. The fourth-order valence-corrected chi connectivity index (χ4v) is 2.84. The third-order valence-corrected chi connectivity index (χ3v) is 4.25. The number of nitrogens with two attached hydrogens (primary N) is 1. The van der Waals surface area contributed by atoms with Gasteiger partial charge in [-0.15, -0.1) is 0 Å². The minimum absolute atomic E-state index is 0.00784. The van der Waals surface area contributed by atoms with Crippen molar-refractivity contribution in [2.45, 2.75) is 38.7 Å². The zero-order chi connectivity index (χ0) is 15.6. The number of β-amino-alcohol motifs (C(OH)–C–C–N with tert-alkyl or cyclic N) is 1. The summed E-state index contributed by atoms with van der Waals surface area (Å²) in [6.07, 6.45) is 1.18. The fourth-order valence-electron chi connectivity index (χ4n) is 2.84. The Labute approximate surface area is 124 Å². The van der Waals surface area contributed by atoms with Gasteiger partial charge < -0.3 is 15.7 Å². The number of hydrogen-bond donors (Lipinski definition) is 2. The van der Waals surface area contributed by atoms with Gasteiger partial charge in [0.1, 0.15) is 0 Å². The number of aryl methyl sites for hydroxylation is 2. The average molecular weight is 290 g/mol. The molecule has 0 bridgehead atoms. The molecule has 1 aromatic rings. The third-order valence-electron chi connectivity index (χ3n) is 4.25. The SMILES string of the molecule is Cc1cccc(C)c1CC(=O)N1CCC[C@@](O)(C(N)=O)C1. The summed E-state index contributed by atoms with van der Waals surface area (Å²) in [7, 11) is 0. The maximum absolute atomic E-state index is 12.4. The summed E-state index contributed by atoms with van der Waals surface area (Å²) >= 11 is 0. The number of primary amides is 1. The highest BCUT2D eigenvalue weighted by Crippen LogP contribution is 2.22. The summed E-state index contributed by atoms with van der Waals surface area (Å²) < 4.78 is 0. The van der Waals surface area contributed by atoms with Gasteiger partial charge in [-0.2, -0.15) is 0 Å². The summed E-state index contributed by atoms with van der Waals surface area (Å²) in [6, 6.07) is 5.92. The monoisotopic (exact) mass is 290 g/mol. The Balaban J connectivity index is 2.12. The van der Waals surface area contributed by atoms with Gasteiger partial charge in [0.2, 0.25) is 5.91 Å². The lowest BCUT2D eigenvalue weighted by Gasteiger charge is -2.37. The number of aliphatic hydroxyl groups is 1. The van der Waals surface area contributed by atoms with E-state index in [2.05, 4.69) is 0 Å². The third kappa shape index (κ3) is 3.24. The molecule has 1 heterocycles. The van der Waals surface area contributed by atoms with Crippen LogP contribution in [0.1, 0.15) is 29.5 Å². The maximum atomic E-state index is 12.4. The number of amides is 2.